The van der Waals surface area contributed by atoms with Crippen LogP contribution in [0.4, 0.5) is 0 Å². The highest BCUT2D eigenvalue weighted by molar-refractivity contribution is 9.10. The highest BCUT2D eigenvalue weighted by atomic mass is 79.9. The molecule has 0 saturated heterocycles. The van der Waals surface area contributed by atoms with E-state index in [4.69, 9.17) is 0 Å². The number of pyridine rings is 1. The number of nitrogens with zero attached hydrogens (tertiary/aromatic N) is 1. The molecular weight excluding hydrogens is 240 g/mol. The van der Waals surface area contributed by atoms with E-state index in [1.807, 2.05) is 19.3 Å². The third-order valence-corrected chi connectivity index (χ3v) is 2.70. The molecule has 1 aromatic heterocycles. The number of aryl methyl sites for hydroxylation is 1. The van der Waals surface area contributed by atoms with Crippen molar-refractivity contribution >= 4 is 15.9 Å². The van der Waals surface area contributed by atoms with Crippen molar-refractivity contribution in [1.82, 2.24) is 10.3 Å². The monoisotopic (exact) mass is 256 g/mol. The molecule has 1 heterocycles. The van der Waals surface area contributed by atoms with Gasteiger partial charge in [0.15, 0.2) is 0 Å². The molecule has 0 aromatic carbocycles. The molecule has 3 heteroatoms. The van der Waals surface area contributed by atoms with Crippen LogP contribution in [-0.4, -0.2) is 18.6 Å². The highest BCUT2D eigenvalue weighted by Gasteiger charge is 2.01. The van der Waals surface area contributed by atoms with E-state index in [-0.39, 0.29) is 0 Å². The maximum atomic E-state index is 4.34. The van der Waals surface area contributed by atoms with Gasteiger partial charge in [-0.05, 0) is 60.4 Å². The van der Waals surface area contributed by atoms with E-state index >= 15 is 0 Å². The molecule has 0 aliphatic heterocycles. The number of nitrogens with one attached hydrogen (secondary N) is 1. The Morgan fingerprint density at radius 3 is 2.86 bits per heavy atom. The van der Waals surface area contributed by atoms with Crippen molar-refractivity contribution in [2.75, 3.05) is 13.6 Å². The largest absolute Gasteiger partial charge is 0.319 e. The molecule has 78 valence electrons. The van der Waals surface area contributed by atoms with Crippen LogP contribution in [0.25, 0.3) is 0 Å². The highest BCUT2D eigenvalue weighted by Crippen LogP contribution is 2.10. The molecule has 1 rings (SSSR count). The van der Waals surface area contributed by atoms with E-state index < -0.39 is 0 Å². The van der Waals surface area contributed by atoms with Crippen LogP contribution >= 0.6 is 15.9 Å². The number of halogens is 1. The van der Waals surface area contributed by atoms with Gasteiger partial charge in [-0.2, -0.15) is 0 Å². The van der Waals surface area contributed by atoms with Crippen molar-refractivity contribution in [3.63, 3.8) is 0 Å². The average molecular weight is 257 g/mol. The van der Waals surface area contributed by atoms with Gasteiger partial charge in [-0.3, -0.25) is 4.98 Å². The summed E-state index contributed by atoms with van der Waals surface area (Å²) < 4.78 is 1.05. The Labute approximate surface area is 94.3 Å². The first-order valence-electron chi connectivity index (χ1n) is 4.97. The number of hydrogen-bond donors (Lipinski definition) is 1. The molecule has 1 N–H and O–H groups in total. The normalized spacial score (nSPS) is 12.8. The summed E-state index contributed by atoms with van der Waals surface area (Å²) in [5, 5.41) is 3.18. The molecule has 0 spiro atoms. The molecule has 2 nitrogen and oxygen atoms in total. The summed E-state index contributed by atoms with van der Waals surface area (Å²) in [5.41, 5.74) is 1.18. The van der Waals surface area contributed by atoms with Crippen LogP contribution in [0.5, 0.6) is 0 Å². The van der Waals surface area contributed by atoms with Crippen LogP contribution in [0, 0.1) is 5.92 Å². The van der Waals surface area contributed by atoms with Gasteiger partial charge < -0.3 is 5.32 Å². The second-order valence-corrected chi connectivity index (χ2v) is 4.58. The van der Waals surface area contributed by atoms with Gasteiger partial charge >= 0.3 is 0 Å². The summed E-state index contributed by atoms with van der Waals surface area (Å²) in [5.74, 6) is 0.713. The van der Waals surface area contributed by atoms with E-state index in [0.29, 0.717) is 5.92 Å². The number of rotatable bonds is 5. The second kappa shape index (κ2) is 6.14. The Hall–Kier alpha value is -0.410. The summed E-state index contributed by atoms with van der Waals surface area (Å²) in [4.78, 5) is 4.34. The fourth-order valence-corrected chi connectivity index (χ4v) is 1.63. The summed E-state index contributed by atoms with van der Waals surface area (Å²) in [6.45, 7) is 3.34. The predicted octanol–water partition coefficient (Wildman–Crippen LogP) is 2.63. The minimum absolute atomic E-state index is 0.713. The molecule has 0 bridgehead atoms. The van der Waals surface area contributed by atoms with E-state index in [0.717, 1.165) is 17.4 Å². The lowest BCUT2D eigenvalue weighted by Crippen LogP contribution is -2.16. The molecule has 0 aliphatic carbocycles. The van der Waals surface area contributed by atoms with Crippen LogP contribution in [0.3, 0.4) is 0 Å². The zero-order valence-electron chi connectivity index (χ0n) is 8.76. The lowest BCUT2D eigenvalue weighted by atomic mass is 10.0. The summed E-state index contributed by atoms with van der Waals surface area (Å²) in [7, 11) is 1.99. The van der Waals surface area contributed by atoms with Gasteiger partial charge in [0.2, 0.25) is 0 Å². The van der Waals surface area contributed by atoms with E-state index in [2.05, 4.69) is 39.2 Å². The van der Waals surface area contributed by atoms with Gasteiger partial charge in [0.25, 0.3) is 0 Å². The first kappa shape index (κ1) is 11.7. The third kappa shape index (κ3) is 4.20. The minimum atomic E-state index is 0.713. The van der Waals surface area contributed by atoms with E-state index in [1.54, 1.807) is 0 Å². The van der Waals surface area contributed by atoms with Crippen molar-refractivity contribution in [2.24, 2.45) is 5.92 Å². The van der Waals surface area contributed by atoms with Crippen LogP contribution in [0.1, 0.15) is 19.0 Å². The zero-order valence-corrected chi connectivity index (χ0v) is 10.3. The summed E-state index contributed by atoms with van der Waals surface area (Å²) in [6, 6.07) is 4.13. The Kier molecular flexibility index (Phi) is 5.12. The van der Waals surface area contributed by atoms with Crippen LogP contribution in [0.2, 0.25) is 0 Å². The Balaban J connectivity index is 2.34. The summed E-state index contributed by atoms with van der Waals surface area (Å²) in [6.07, 6.45) is 4.11. The second-order valence-electron chi connectivity index (χ2n) is 3.67. The predicted molar refractivity (Wildman–Crippen MR) is 63.3 cm³/mol. The molecule has 0 fully saturated rings. The lowest BCUT2D eigenvalue weighted by molar-refractivity contribution is 0.502. The quantitative estimate of drug-likeness (QED) is 0.877. The van der Waals surface area contributed by atoms with Gasteiger partial charge in [0, 0.05) is 16.4 Å². The first-order valence-corrected chi connectivity index (χ1v) is 5.76. The number of aromatic nitrogens is 1. The van der Waals surface area contributed by atoms with Gasteiger partial charge in [-0.25, -0.2) is 0 Å². The van der Waals surface area contributed by atoms with Crippen molar-refractivity contribution < 1.29 is 0 Å². The average Bonchev–Trinajstić information content (AvgIpc) is 2.17. The standard InChI is InChI=1S/C11H17BrN2/c1-9(7-13-2)3-5-11-6-4-10(12)8-14-11/h4,6,8-9,13H,3,5,7H2,1-2H3. The topological polar surface area (TPSA) is 24.9 Å². The molecule has 0 aliphatic rings. The van der Waals surface area contributed by atoms with E-state index in [1.165, 1.54) is 12.1 Å². The maximum Gasteiger partial charge on any atom is 0.0413 e. The fourth-order valence-electron chi connectivity index (χ4n) is 1.40. The summed E-state index contributed by atoms with van der Waals surface area (Å²) >= 11 is 3.38. The van der Waals surface area contributed by atoms with E-state index in [9.17, 15) is 0 Å². The lowest BCUT2D eigenvalue weighted by Gasteiger charge is -2.09. The molecule has 1 aromatic rings. The molecule has 0 saturated carbocycles. The SMILES string of the molecule is CNCC(C)CCc1ccc(Br)cn1. The Bertz CT molecular complexity index is 258. The Morgan fingerprint density at radius 1 is 1.50 bits per heavy atom. The molecule has 0 radical (unpaired) electrons. The van der Waals surface area contributed by atoms with Crippen molar-refractivity contribution in [1.29, 1.82) is 0 Å². The van der Waals surface area contributed by atoms with Crippen molar-refractivity contribution in [3.8, 4) is 0 Å². The molecular formula is C11H17BrN2. The van der Waals surface area contributed by atoms with Crippen molar-refractivity contribution in [3.05, 3.63) is 28.5 Å². The number of hydrogen-bond acceptors (Lipinski definition) is 2. The smallest absolute Gasteiger partial charge is 0.0413 e. The maximum absolute atomic E-state index is 4.34. The van der Waals surface area contributed by atoms with Gasteiger partial charge in [0.05, 0.1) is 0 Å². The van der Waals surface area contributed by atoms with Crippen molar-refractivity contribution in [2.45, 2.75) is 19.8 Å². The third-order valence-electron chi connectivity index (χ3n) is 2.23. The fraction of sp³-hybridized carbons (Fsp3) is 0.545. The first-order chi connectivity index (χ1) is 6.72. The molecule has 1 unspecified atom stereocenters. The van der Waals surface area contributed by atoms with Crippen LogP contribution < -0.4 is 5.32 Å². The molecule has 14 heavy (non-hydrogen) atoms. The van der Waals surface area contributed by atoms with Gasteiger partial charge in [-0.15, -0.1) is 0 Å². The van der Waals surface area contributed by atoms with Crippen LogP contribution in [0.15, 0.2) is 22.8 Å². The van der Waals surface area contributed by atoms with Crippen LogP contribution in [-0.2, 0) is 6.42 Å². The molecule has 0 amide bonds. The zero-order chi connectivity index (χ0) is 10.4. The van der Waals surface area contributed by atoms with Gasteiger partial charge in [-0.1, -0.05) is 6.92 Å². The van der Waals surface area contributed by atoms with Gasteiger partial charge in [0.1, 0.15) is 0 Å². The Morgan fingerprint density at radius 2 is 2.29 bits per heavy atom. The minimum Gasteiger partial charge on any atom is -0.319 e. The molecule has 1 atom stereocenters.